The fourth-order valence-electron chi connectivity index (χ4n) is 1.88. The van der Waals surface area contributed by atoms with E-state index in [4.69, 9.17) is 0 Å². The van der Waals surface area contributed by atoms with Crippen LogP contribution in [0.5, 0.6) is 0 Å². The number of aryl methyl sites for hydroxylation is 1. The van der Waals surface area contributed by atoms with Crippen molar-refractivity contribution in [3.8, 4) is 0 Å². The summed E-state index contributed by atoms with van der Waals surface area (Å²) >= 11 is 0. The molecular formula is C14H16FN3O. The average Bonchev–Trinajstić information content (AvgIpc) is 2.75. The van der Waals surface area contributed by atoms with Gasteiger partial charge in [-0.15, -0.1) is 0 Å². The number of hydrogen-bond donors (Lipinski definition) is 1. The van der Waals surface area contributed by atoms with E-state index < -0.39 is 5.54 Å². The summed E-state index contributed by atoms with van der Waals surface area (Å²) in [5.74, 6) is -0.508. The fraction of sp³-hybridized carbons (Fsp3) is 0.286. The molecule has 1 aromatic carbocycles. The van der Waals surface area contributed by atoms with Crippen molar-refractivity contribution in [1.82, 2.24) is 15.1 Å². The zero-order valence-corrected chi connectivity index (χ0v) is 11.1. The van der Waals surface area contributed by atoms with Gasteiger partial charge in [-0.1, -0.05) is 12.1 Å². The molecule has 0 saturated heterocycles. The van der Waals surface area contributed by atoms with Gasteiger partial charge in [-0.05, 0) is 37.6 Å². The van der Waals surface area contributed by atoms with E-state index in [1.165, 1.54) is 16.8 Å². The maximum Gasteiger partial charge on any atom is 0.270 e. The predicted molar refractivity (Wildman–Crippen MR) is 70.1 cm³/mol. The molecule has 100 valence electrons. The molecule has 0 aliphatic carbocycles. The average molecular weight is 261 g/mol. The van der Waals surface area contributed by atoms with Crippen LogP contribution < -0.4 is 5.32 Å². The summed E-state index contributed by atoms with van der Waals surface area (Å²) in [6.07, 6.45) is 1.57. The Hall–Kier alpha value is -2.17. The van der Waals surface area contributed by atoms with E-state index in [-0.39, 0.29) is 11.7 Å². The summed E-state index contributed by atoms with van der Waals surface area (Å²) in [5, 5.41) is 6.87. The first kappa shape index (κ1) is 13.3. The highest BCUT2D eigenvalue weighted by Gasteiger charge is 2.24. The van der Waals surface area contributed by atoms with Gasteiger partial charge >= 0.3 is 0 Å². The van der Waals surface area contributed by atoms with Gasteiger partial charge in [0, 0.05) is 13.2 Å². The molecule has 1 aromatic heterocycles. The molecule has 0 atom stereocenters. The predicted octanol–water partition coefficient (Wildman–Crippen LogP) is 2.22. The minimum atomic E-state index is -0.588. The van der Waals surface area contributed by atoms with Crippen LogP contribution in [0.3, 0.4) is 0 Å². The molecule has 0 bridgehead atoms. The molecule has 0 fully saturated rings. The van der Waals surface area contributed by atoms with Crippen LogP contribution in [-0.2, 0) is 12.6 Å². The second-order valence-corrected chi connectivity index (χ2v) is 4.93. The lowest BCUT2D eigenvalue weighted by molar-refractivity contribution is 0.0902. The summed E-state index contributed by atoms with van der Waals surface area (Å²) in [5.41, 5.74) is 0.731. The van der Waals surface area contributed by atoms with Gasteiger partial charge in [0.05, 0.1) is 5.54 Å². The van der Waals surface area contributed by atoms with Gasteiger partial charge in [-0.25, -0.2) is 4.39 Å². The van der Waals surface area contributed by atoms with Crippen LogP contribution in [0.15, 0.2) is 36.5 Å². The van der Waals surface area contributed by atoms with Crippen molar-refractivity contribution in [1.29, 1.82) is 0 Å². The summed E-state index contributed by atoms with van der Waals surface area (Å²) in [7, 11) is 1.71. The van der Waals surface area contributed by atoms with Gasteiger partial charge in [0.15, 0.2) is 0 Å². The molecule has 2 rings (SSSR count). The Morgan fingerprint density at radius 3 is 2.42 bits per heavy atom. The number of nitrogens with one attached hydrogen (secondary N) is 1. The standard InChI is InChI=1S/C14H16FN3O/c1-14(2,10-4-6-11(15)7-5-10)17-13(19)12-8-9-16-18(12)3/h4-9H,1-3H3,(H,17,19). The topological polar surface area (TPSA) is 46.9 Å². The summed E-state index contributed by atoms with van der Waals surface area (Å²) in [4.78, 5) is 12.1. The Balaban J connectivity index is 2.19. The first-order valence-electron chi connectivity index (χ1n) is 5.97. The number of aromatic nitrogens is 2. The number of amides is 1. The monoisotopic (exact) mass is 261 g/mol. The zero-order chi connectivity index (χ0) is 14.0. The lowest BCUT2D eigenvalue weighted by atomic mass is 9.94. The highest BCUT2D eigenvalue weighted by molar-refractivity contribution is 5.93. The quantitative estimate of drug-likeness (QED) is 0.921. The highest BCUT2D eigenvalue weighted by Crippen LogP contribution is 2.20. The minimum absolute atomic E-state index is 0.214. The molecule has 1 amide bonds. The molecule has 4 nitrogen and oxygen atoms in total. The third-order valence-corrected chi connectivity index (χ3v) is 3.05. The highest BCUT2D eigenvalue weighted by atomic mass is 19.1. The molecule has 2 aromatic rings. The molecular weight excluding hydrogens is 245 g/mol. The van der Waals surface area contributed by atoms with E-state index in [2.05, 4.69) is 10.4 Å². The Bertz CT molecular complexity index is 587. The third-order valence-electron chi connectivity index (χ3n) is 3.05. The lowest BCUT2D eigenvalue weighted by Crippen LogP contribution is -2.41. The molecule has 0 unspecified atom stereocenters. The molecule has 0 aliphatic heterocycles. The number of benzene rings is 1. The van der Waals surface area contributed by atoms with Crippen molar-refractivity contribution >= 4 is 5.91 Å². The van der Waals surface area contributed by atoms with E-state index in [0.717, 1.165) is 5.56 Å². The van der Waals surface area contributed by atoms with Crippen molar-refractivity contribution in [3.05, 3.63) is 53.6 Å². The lowest BCUT2D eigenvalue weighted by Gasteiger charge is -2.26. The largest absolute Gasteiger partial charge is 0.342 e. The number of rotatable bonds is 3. The van der Waals surface area contributed by atoms with Crippen molar-refractivity contribution < 1.29 is 9.18 Å². The summed E-state index contributed by atoms with van der Waals surface area (Å²) < 4.78 is 14.4. The second-order valence-electron chi connectivity index (χ2n) is 4.93. The van der Waals surface area contributed by atoms with Crippen LogP contribution in [0.1, 0.15) is 29.9 Å². The van der Waals surface area contributed by atoms with E-state index >= 15 is 0 Å². The van der Waals surface area contributed by atoms with Gasteiger partial charge in [0.25, 0.3) is 5.91 Å². The van der Waals surface area contributed by atoms with Crippen LogP contribution in [0, 0.1) is 5.82 Å². The molecule has 0 radical (unpaired) electrons. The summed E-state index contributed by atoms with van der Waals surface area (Å²) in [6, 6.07) is 7.74. The first-order valence-corrected chi connectivity index (χ1v) is 5.97. The van der Waals surface area contributed by atoms with Gasteiger partial charge in [0.2, 0.25) is 0 Å². The Labute approximate surface area is 111 Å². The smallest absolute Gasteiger partial charge is 0.270 e. The molecule has 0 saturated carbocycles. The maximum absolute atomic E-state index is 12.9. The van der Waals surface area contributed by atoms with Crippen LogP contribution in [0.25, 0.3) is 0 Å². The zero-order valence-electron chi connectivity index (χ0n) is 11.1. The SMILES string of the molecule is Cn1nccc1C(=O)NC(C)(C)c1ccc(F)cc1. The number of halogens is 1. The Morgan fingerprint density at radius 1 is 1.26 bits per heavy atom. The third kappa shape index (κ3) is 2.81. The Kier molecular flexibility index (Phi) is 3.38. The van der Waals surface area contributed by atoms with Crippen LogP contribution >= 0.6 is 0 Å². The van der Waals surface area contributed by atoms with Crippen molar-refractivity contribution in [2.45, 2.75) is 19.4 Å². The van der Waals surface area contributed by atoms with Crippen molar-refractivity contribution in [2.75, 3.05) is 0 Å². The van der Waals surface area contributed by atoms with Gasteiger partial charge < -0.3 is 5.32 Å². The number of nitrogens with zero attached hydrogens (tertiary/aromatic N) is 2. The second kappa shape index (κ2) is 4.84. The molecule has 1 N–H and O–H groups in total. The van der Waals surface area contributed by atoms with E-state index in [1.54, 1.807) is 31.4 Å². The van der Waals surface area contributed by atoms with Crippen molar-refractivity contribution in [3.63, 3.8) is 0 Å². The number of carbonyl (C=O) groups is 1. The van der Waals surface area contributed by atoms with E-state index in [0.29, 0.717) is 5.69 Å². The van der Waals surface area contributed by atoms with Crippen molar-refractivity contribution in [2.24, 2.45) is 7.05 Å². The van der Waals surface area contributed by atoms with E-state index in [1.807, 2.05) is 13.8 Å². The first-order chi connectivity index (χ1) is 8.90. The normalized spacial score (nSPS) is 11.4. The summed E-state index contributed by atoms with van der Waals surface area (Å²) in [6.45, 7) is 3.74. The van der Waals surface area contributed by atoms with E-state index in [9.17, 15) is 9.18 Å². The Morgan fingerprint density at radius 2 is 1.89 bits per heavy atom. The molecule has 0 aliphatic rings. The maximum atomic E-state index is 12.9. The number of hydrogen-bond acceptors (Lipinski definition) is 2. The van der Waals surface area contributed by atoms with Crippen LogP contribution in [0.2, 0.25) is 0 Å². The molecule has 5 heteroatoms. The molecule has 0 spiro atoms. The van der Waals surface area contributed by atoms with Gasteiger partial charge in [0.1, 0.15) is 11.5 Å². The van der Waals surface area contributed by atoms with Crippen LogP contribution in [-0.4, -0.2) is 15.7 Å². The van der Waals surface area contributed by atoms with Gasteiger partial charge in [-0.2, -0.15) is 5.10 Å². The minimum Gasteiger partial charge on any atom is -0.342 e. The van der Waals surface area contributed by atoms with Gasteiger partial charge in [-0.3, -0.25) is 9.48 Å². The molecule has 19 heavy (non-hydrogen) atoms. The fourth-order valence-corrected chi connectivity index (χ4v) is 1.88. The molecule has 1 heterocycles. The van der Waals surface area contributed by atoms with Crippen LogP contribution in [0.4, 0.5) is 4.39 Å². The number of carbonyl (C=O) groups excluding carboxylic acids is 1.